The van der Waals surface area contributed by atoms with E-state index in [4.69, 9.17) is 11.6 Å². The van der Waals surface area contributed by atoms with Crippen LogP contribution in [-0.2, 0) is 4.79 Å². The van der Waals surface area contributed by atoms with Gasteiger partial charge in [0.05, 0.1) is 5.52 Å². The second-order valence-corrected chi connectivity index (χ2v) is 4.62. The number of rotatable bonds is 1. The molecule has 1 aliphatic heterocycles. The summed E-state index contributed by atoms with van der Waals surface area (Å²) in [7, 11) is 0. The van der Waals surface area contributed by atoms with Crippen LogP contribution in [0.4, 0.5) is 0 Å². The van der Waals surface area contributed by atoms with Crippen LogP contribution in [0.1, 0.15) is 11.6 Å². The van der Waals surface area contributed by atoms with Crippen molar-refractivity contribution in [1.82, 2.24) is 15.6 Å². The lowest BCUT2D eigenvalue weighted by molar-refractivity contribution is -0.124. The Hall–Kier alpha value is -1.65. The number of pyridine rings is 1. The first-order chi connectivity index (χ1) is 8.77. The van der Waals surface area contributed by atoms with Gasteiger partial charge in [-0.3, -0.25) is 9.78 Å². The second-order valence-electron chi connectivity index (χ2n) is 4.21. The Morgan fingerprint density at radius 2 is 2.17 bits per heavy atom. The molecular weight excluding hydrogens is 250 g/mol. The summed E-state index contributed by atoms with van der Waals surface area (Å²) in [6.45, 7) is 1.42. The summed E-state index contributed by atoms with van der Waals surface area (Å²) in [5.74, 6) is -0.0180. The Morgan fingerprint density at radius 3 is 3.00 bits per heavy atom. The number of fused-ring (bicyclic) bond motifs is 1. The van der Waals surface area contributed by atoms with E-state index in [-0.39, 0.29) is 11.9 Å². The molecule has 3 rings (SSSR count). The number of halogens is 1. The highest BCUT2D eigenvalue weighted by Crippen LogP contribution is 2.28. The summed E-state index contributed by atoms with van der Waals surface area (Å²) < 4.78 is 0. The van der Waals surface area contributed by atoms with Gasteiger partial charge in [0.2, 0.25) is 5.91 Å². The number of amides is 1. The molecule has 1 saturated heterocycles. The molecular formula is C13H12ClN3O. The summed E-state index contributed by atoms with van der Waals surface area (Å²) in [4.78, 5) is 16.2. The highest BCUT2D eigenvalue weighted by molar-refractivity contribution is 6.35. The van der Waals surface area contributed by atoms with Gasteiger partial charge < -0.3 is 10.6 Å². The lowest BCUT2D eigenvalue weighted by Gasteiger charge is -2.24. The lowest BCUT2D eigenvalue weighted by Crippen LogP contribution is -2.47. The standard InChI is InChI=1S/C13H12ClN3O/c14-10-4-3-9(11-8(10)2-1-5-15-11)12-13(18)17-7-6-16-12/h1-5,12,16H,6-7H2,(H,17,18). The van der Waals surface area contributed by atoms with Gasteiger partial charge in [-0.1, -0.05) is 17.7 Å². The molecule has 5 heteroatoms. The van der Waals surface area contributed by atoms with Crippen LogP contribution < -0.4 is 10.6 Å². The Labute approximate surface area is 109 Å². The predicted molar refractivity (Wildman–Crippen MR) is 70.5 cm³/mol. The van der Waals surface area contributed by atoms with Crippen LogP contribution in [0.5, 0.6) is 0 Å². The first-order valence-electron chi connectivity index (χ1n) is 5.81. The molecule has 1 amide bonds. The number of aromatic nitrogens is 1. The average Bonchev–Trinajstić information content (AvgIpc) is 2.41. The smallest absolute Gasteiger partial charge is 0.241 e. The molecule has 0 saturated carbocycles. The van der Waals surface area contributed by atoms with Crippen LogP contribution in [0.15, 0.2) is 30.5 Å². The van der Waals surface area contributed by atoms with Crippen molar-refractivity contribution < 1.29 is 4.79 Å². The first-order valence-corrected chi connectivity index (χ1v) is 6.19. The fraction of sp³-hybridized carbons (Fsp3) is 0.231. The molecule has 1 aromatic carbocycles. The SMILES string of the molecule is O=C1NCCNC1c1ccc(Cl)c2cccnc12. The number of hydrogen-bond acceptors (Lipinski definition) is 3. The molecule has 0 bridgehead atoms. The van der Waals surface area contributed by atoms with E-state index in [1.165, 1.54) is 0 Å². The molecule has 4 nitrogen and oxygen atoms in total. The number of nitrogens with one attached hydrogen (secondary N) is 2. The predicted octanol–water partition coefficient (Wildman–Crippen LogP) is 1.65. The summed E-state index contributed by atoms with van der Waals surface area (Å²) in [6, 6.07) is 7.07. The van der Waals surface area contributed by atoms with Gasteiger partial charge >= 0.3 is 0 Å². The summed E-state index contributed by atoms with van der Waals surface area (Å²) >= 11 is 6.14. The fourth-order valence-electron chi connectivity index (χ4n) is 2.24. The zero-order valence-electron chi connectivity index (χ0n) is 9.61. The van der Waals surface area contributed by atoms with Gasteiger partial charge in [0.15, 0.2) is 0 Å². The Balaban J connectivity index is 2.17. The third-order valence-corrected chi connectivity index (χ3v) is 3.42. The summed E-state index contributed by atoms with van der Waals surface area (Å²) in [5.41, 5.74) is 1.65. The van der Waals surface area contributed by atoms with Crippen LogP contribution in [0.2, 0.25) is 5.02 Å². The first kappa shape index (κ1) is 11.4. The van der Waals surface area contributed by atoms with Gasteiger partial charge in [0, 0.05) is 35.3 Å². The summed E-state index contributed by atoms with van der Waals surface area (Å²) in [6.07, 6.45) is 1.71. The van der Waals surface area contributed by atoms with E-state index in [1.807, 2.05) is 24.3 Å². The van der Waals surface area contributed by atoms with Gasteiger partial charge in [0.25, 0.3) is 0 Å². The highest BCUT2D eigenvalue weighted by Gasteiger charge is 2.25. The van der Waals surface area contributed by atoms with Crippen LogP contribution in [-0.4, -0.2) is 24.0 Å². The van der Waals surface area contributed by atoms with E-state index >= 15 is 0 Å². The van der Waals surface area contributed by atoms with Crippen LogP contribution in [0.3, 0.4) is 0 Å². The minimum Gasteiger partial charge on any atom is -0.353 e. The minimum absolute atomic E-state index is 0.0180. The molecule has 92 valence electrons. The number of benzene rings is 1. The Bertz CT molecular complexity index is 614. The quantitative estimate of drug-likeness (QED) is 0.821. The second kappa shape index (κ2) is 4.55. The van der Waals surface area contributed by atoms with Gasteiger partial charge in [-0.2, -0.15) is 0 Å². The molecule has 0 radical (unpaired) electrons. The highest BCUT2D eigenvalue weighted by atomic mass is 35.5. The van der Waals surface area contributed by atoms with Crippen molar-refractivity contribution in [3.05, 3.63) is 41.0 Å². The molecule has 0 spiro atoms. The van der Waals surface area contributed by atoms with Crippen molar-refractivity contribution in [2.45, 2.75) is 6.04 Å². The van der Waals surface area contributed by atoms with Crippen LogP contribution in [0.25, 0.3) is 10.9 Å². The summed E-state index contributed by atoms with van der Waals surface area (Å²) in [5, 5.41) is 7.57. The molecule has 2 N–H and O–H groups in total. The van der Waals surface area contributed by atoms with Crippen LogP contribution in [0, 0.1) is 0 Å². The van der Waals surface area contributed by atoms with E-state index in [1.54, 1.807) is 6.20 Å². The van der Waals surface area contributed by atoms with E-state index < -0.39 is 0 Å². The fourth-order valence-corrected chi connectivity index (χ4v) is 2.46. The third-order valence-electron chi connectivity index (χ3n) is 3.09. The van der Waals surface area contributed by atoms with Crippen molar-refractivity contribution in [1.29, 1.82) is 0 Å². The van der Waals surface area contributed by atoms with E-state index in [9.17, 15) is 4.79 Å². The number of piperazine rings is 1. The average molecular weight is 262 g/mol. The molecule has 1 fully saturated rings. The Morgan fingerprint density at radius 1 is 1.28 bits per heavy atom. The number of hydrogen-bond donors (Lipinski definition) is 2. The zero-order valence-corrected chi connectivity index (χ0v) is 10.4. The van der Waals surface area contributed by atoms with Gasteiger partial charge in [-0.05, 0) is 18.2 Å². The maximum atomic E-state index is 11.9. The number of carbonyl (C=O) groups is 1. The molecule has 1 aromatic heterocycles. The monoisotopic (exact) mass is 261 g/mol. The molecule has 2 aromatic rings. The third kappa shape index (κ3) is 1.83. The van der Waals surface area contributed by atoms with Crippen LogP contribution >= 0.6 is 11.6 Å². The van der Waals surface area contributed by atoms with Crippen molar-refractivity contribution in [2.75, 3.05) is 13.1 Å². The normalized spacial score (nSPS) is 19.8. The maximum absolute atomic E-state index is 11.9. The lowest BCUT2D eigenvalue weighted by atomic mass is 10.0. The topological polar surface area (TPSA) is 54.0 Å². The van der Waals surface area contributed by atoms with Crippen molar-refractivity contribution in [2.24, 2.45) is 0 Å². The van der Waals surface area contributed by atoms with E-state index in [2.05, 4.69) is 15.6 Å². The van der Waals surface area contributed by atoms with Crippen molar-refractivity contribution >= 4 is 28.4 Å². The number of carbonyl (C=O) groups excluding carboxylic acids is 1. The van der Waals surface area contributed by atoms with Gasteiger partial charge in [0.1, 0.15) is 6.04 Å². The molecule has 1 atom stereocenters. The Kier molecular flexibility index (Phi) is 2.89. The minimum atomic E-state index is -0.353. The van der Waals surface area contributed by atoms with E-state index in [0.717, 1.165) is 23.0 Å². The molecule has 1 unspecified atom stereocenters. The van der Waals surface area contributed by atoms with E-state index in [0.29, 0.717) is 11.6 Å². The van der Waals surface area contributed by atoms with Crippen molar-refractivity contribution in [3.8, 4) is 0 Å². The molecule has 1 aliphatic rings. The molecule has 0 aliphatic carbocycles. The van der Waals surface area contributed by atoms with Crippen molar-refractivity contribution in [3.63, 3.8) is 0 Å². The number of nitrogens with zero attached hydrogens (tertiary/aromatic N) is 1. The molecule has 18 heavy (non-hydrogen) atoms. The van der Waals surface area contributed by atoms with Gasteiger partial charge in [-0.15, -0.1) is 0 Å². The maximum Gasteiger partial charge on any atom is 0.241 e. The van der Waals surface area contributed by atoms with Gasteiger partial charge in [-0.25, -0.2) is 0 Å². The largest absolute Gasteiger partial charge is 0.353 e. The zero-order chi connectivity index (χ0) is 12.5. The molecule has 2 heterocycles.